The second-order valence-corrected chi connectivity index (χ2v) is 7.01. The minimum Gasteiger partial charge on any atom is -0.356 e. The maximum atomic E-state index is 4.31. The van der Waals surface area contributed by atoms with Gasteiger partial charge in [0.15, 0.2) is 5.96 Å². The number of guanidine groups is 1. The maximum absolute atomic E-state index is 4.31. The Morgan fingerprint density at radius 2 is 2.22 bits per heavy atom. The third kappa shape index (κ3) is 3.75. The molecule has 3 N–H and O–H groups in total. The molecule has 1 aromatic carbocycles. The first-order chi connectivity index (χ1) is 11.1. The number of aliphatic imine (C=N–C) groups is 1. The molecule has 0 spiro atoms. The van der Waals surface area contributed by atoms with Gasteiger partial charge in [0.1, 0.15) is 0 Å². The van der Waals surface area contributed by atoms with Gasteiger partial charge in [-0.1, -0.05) is 28.1 Å². The Labute approximate surface area is 145 Å². The molecule has 23 heavy (non-hydrogen) atoms. The molecule has 0 aliphatic heterocycles. The second kappa shape index (κ2) is 6.74. The number of benzene rings is 1. The van der Waals surface area contributed by atoms with E-state index in [1.807, 2.05) is 13.1 Å². The summed E-state index contributed by atoms with van der Waals surface area (Å²) in [5, 5.41) is 13.8. The van der Waals surface area contributed by atoms with Crippen LogP contribution in [0, 0.1) is 6.92 Å². The Morgan fingerprint density at radius 3 is 2.83 bits per heavy atom. The van der Waals surface area contributed by atoms with E-state index < -0.39 is 0 Å². The predicted octanol–water partition coefficient (Wildman–Crippen LogP) is 2.88. The second-order valence-electron chi connectivity index (χ2n) is 6.09. The average Bonchev–Trinajstić information content (AvgIpc) is 3.24. The van der Waals surface area contributed by atoms with Crippen LogP contribution in [0.4, 0.5) is 0 Å². The lowest BCUT2D eigenvalue weighted by atomic mass is 9.96. The molecule has 122 valence electrons. The molecule has 3 rings (SSSR count). The molecule has 1 aromatic heterocycles. The van der Waals surface area contributed by atoms with Crippen molar-refractivity contribution in [3.05, 3.63) is 51.8 Å². The summed E-state index contributed by atoms with van der Waals surface area (Å²) >= 11 is 3.56. The van der Waals surface area contributed by atoms with Crippen LogP contribution >= 0.6 is 15.9 Å². The Morgan fingerprint density at radius 1 is 1.39 bits per heavy atom. The normalized spacial score (nSPS) is 16.2. The molecule has 0 radical (unpaired) electrons. The molecular weight excluding hydrogens is 354 g/mol. The standard InChI is InChI=1S/C17H22BrN5/c1-12-13(10-22-23-12)9-20-16(19-2)21-11-17(6-7-17)14-4-3-5-15(18)8-14/h3-5,8,10H,6-7,9,11H2,1-2H3,(H,22,23)(H2,19,20,21). The fourth-order valence-electron chi connectivity index (χ4n) is 2.74. The topological polar surface area (TPSA) is 65.1 Å². The van der Waals surface area contributed by atoms with Crippen molar-refractivity contribution in [1.82, 2.24) is 20.8 Å². The number of aromatic amines is 1. The lowest BCUT2D eigenvalue weighted by Gasteiger charge is -2.19. The van der Waals surface area contributed by atoms with Crippen molar-refractivity contribution in [2.24, 2.45) is 4.99 Å². The van der Waals surface area contributed by atoms with E-state index in [1.165, 1.54) is 18.4 Å². The van der Waals surface area contributed by atoms with Crippen molar-refractivity contribution in [2.75, 3.05) is 13.6 Å². The number of aryl methyl sites for hydroxylation is 1. The van der Waals surface area contributed by atoms with Crippen LogP contribution in [0.1, 0.15) is 29.7 Å². The highest BCUT2D eigenvalue weighted by Gasteiger charge is 2.44. The average molecular weight is 376 g/mol. The van der Waals surface area contributed by atoms with Gasteiger partial charge in [0, 0.05) is 41.3 Å². The molecular formula is C17H22BrN5. The predicted molar refractivity (Wildman–Crippen MR) is 96.6 cm³/mol. The molecule has 1 aliphatic carbocycles. The molecule has 5 nitrogen and oxygen atoms in total. The Hall–Kier alpha value is -1.82. The molecule has 6 heteroatoms. The molecule has 1 heterocycles. The summed E-state index contributed by atoms with van der Waals surface area (Å²) in [6.07, 6.45) is 4.28. The van der Waals surface area contributed by atoms with Gasteiger partial charge >= 0.3 is 0 Å². The van der Waals surface area contributed by atoms with E-state index in [2.05, 4.69) is 66.0 Å². The van der Waals surface area contributed by atoms with Gasteiger partial charge in [-0.25, -0.2) is 0 Å². The number of H-pyrrole nitrogens is 1. The minimum absolute atomic E-state index is 0.243. The first-order valence-electron chi connectivity index (χ1n) is 7.82. The summed E-state index contributed by atoms with van der Waals surface area (Å²) in [4.78, 5) is 4.31. The molecule has 0 unspecified atom stereocenters. The van der Waals surface area contributed by atoms with Gasteiger partial charge in [-0.05, 0) is 37.5 Å². The maximum Gasteiger partial charge on any atom is 0.191 e. The van der Waals surface area contributed by atoms with Gasteiger partial charge in [0.2, 0.25) is 0 Å². The smallest absolute Gasteiger partial charge is 0.191 e. The molecule has 1 saturated carbocycles. The zero-order valence-electron chi connectivity index (χ0n) is 13.5. The lowest BCUT2D eigenvalue weighted by molar-refractivity contribution is 0.645. The zero-order chi connectivity index (χ0) is 16.3. The summed E-state index contributed by atoms with van der Waals surface area (Å²) in [7, 11) is 1.80. The highest BCUT2D eigenvalue weighted by Crippen LogP contribution is 2.48. The van der Waals surface area contributed by atoms with Crippen LogP contribution in [0.2, 0.25) is 0 Å². The number of nitrogens with zero attached hydrogens (tertiary/aromatic N) is 2. The summed E-state index contributed by atoms with van der Waals surface area (Å²) < 4.78 is 1.14. The van der Waals surface area contributed by atoms with Crippen molar-refractivity contribution < 1.29 is 0 Å². The van der Waals surface area contributed by atoms with Gasteiger partial charge in [-0.2, -0.15) is 5.10 Å². The highest BCUT2D eigenvalue weighted by molar-refractivity contribution is 9.10. The van der Waals surface area contributed by atoms with Crippen molar-refractivity contribution in [1.29, 1.82) is 0 Å². The van der Waals surface area contributed by atoms with E-state index in [-0.39, 0.29) is 5.41 Å². The van der Waals surface area contributed by atoms with E-state index in [4.69, 9.17) is 0 Å². The van der Waals surface area contributed by atoms with Gasteiger partial charge < -0.3 is 10.6 Å². The number of hydrogen-bond acceptors (Lipinski definition) is 2. The molecule has 0 atom stereocenters. The fourth-order valence-corrected chi connectivity index (χ4v) is 3.14. The van der Waals surface area contributed by atoms with Crippen LogP contribution in [0.15, 0.2) is 39.9 Å². The molecule has 0 bridgehead atoms. The third-order valence-electron chi connectivity index (χ3n) is 4.49. The van der Waals surface area contributed by atoms with Crippen LogP contribution in [-0.4, -0.2) is 29.7 Å². The molecule has 2 aromatic rings. The van der Waals surface area contributed by atoms with E-state index >= 15 is 0 Å². The summed E-state index contributed by atoms with van der Waals surface area (Å²) in [6.45, 7) is 3.63. The van der Waals surface area contributed by atoms with Crippen LogP contribution in [0.3, 0.4) is 0 Å². The molecule has 0 amide bonds. The van der Waals surface area contributed by atoms with Crippen LogP contribution < -0.4 is 10.6 Å². The van der Waals surface area contributed by atoms with Crippen molar-refractivity contribution >= 4 is 21.9 Å². The molecule has 0 saturated heterocycles. The number of aromatic nitrogens is 2. The fraction of sp³-hybridized carbons (Fsp3) is 0.412. The van der Waals surface area contributed by atoms with Gasteiger partial charge in [-0.15, -0.1) is 0 Å². The van der Waals surface area contributed by atoms with Crippen molar-refractivity contribution in [3.8, 4) is 0 Å². The van der Waals surface area contributed by atoms with Crippen molar-refractivity contribution in [3.63, 3.8) is 0 Å². The van der Waals surface area contributed by atoms with Crippen molar-refractivity contribution in [2.45, 2.75) is 31.7 Å². The van der Waals surface area contributed by atoms with Gasteiger partial charge in [-0.3, -0.25) is 10.1 Å². The van der Waals surface area contributed by atoms with Gasteiger partial charge in [0.25, 0.3) is 0 Å². The van der Waals surface area contributed by atoms with Gasteiger partial charge in [0.05, 0.1) is 6.20 Å². The molecule has 1 fully saturated rings. The summed E-state index contributed by atoms with van der Waals surface area (Å²) in [5.74, 6) is 0.826. The van der Waals surface area contributed by atoms with E-state index in [0.29, 0.717) is 6.54 Å². The first-order valence-corrected chi connectivity index (χ1v) is 8.62. The Balaban J connectivity index is 1.57. The summed E-state index contributed by atoms with van der Waals surface area (Å²) in [5.41, 5.74) is 3.87. The Bertz CT molecular complexity index is 703. The quantitative estimate of drug-likeness (QED) is 0.555. The monoisotopic (exact) mass is 375 g/mol. The van der Waals surface area contributed by atoms with E-state index in [0.717, 1.165) is 28.2 Å². The lowest BCUT2D eigenvalue weighted by Crippen LogP contribution is -2.40. The van der Waals surface area contributed by atoms with Crippen LogP contribution in [0.5, 0.6) is 0 Å². The number of hydrogen-bond donors (Lipinski definition) is 3. The third-order valence-corrected chi connectivity index (χ3v) is 4.98. The number of halogens is 1. The molecule has 1 aliphatic rings. The highest BCUT2D eigenvalue weighted by atomic mass is 79.9. The van der Waals surface area contributed by atoms with Crippen LogP contribution in [0.25, 0.3) is 0 Å². The summed E-state index contributed by atoms with van der Waals surface area (Å²) in [6, 6.07) is 8.61. The van der Waals surface area contributed by atoms with Crippen LogP contribution in [-0.2, 0) is 12.0 Å². The minimum atomic E-state index is 0.243. The Kier molecular flexibility index (Phi) is 4.71. The zero-order valence-corrected chi connectivity index (χ0v) is 15.1. The largest absolute Gasteiger partial charge is 0.356 e. The number of rotatable bonds is 5. The van der Waals surface area contributed by atoms with E-state index in [9.17, 15) is 0 Å². The van der Waals surface area contributed by atoms with E-state index in [1.54, 1.807) is 7.05 Å². The first kappa shape index (κ1) is 16.1. The number of nitrogens with one attached hydrogen (secondary N) is 3. The SMILES string of the molecule is CN=C(NCc1cn[nH]c1C)NCC1(c2cccc(Br)c2)CC1.